The Bertz CT molecular complexity index is 8.00. The Hall–Kier alpha value is 2.60. The second-order valence-corrected chi connectivity index (χ2v) is 0. The third kappa shape index (κ3) is 8.82. The minimum atomic E-state index is 0. The fourth-order valence-corrected chi connectivity index (χ4v) is 0. The van der Waals surface area contributed by atoms with Crippen LogP contribution in [0.25, 0.3) is 0 Å². The largest absolute Gasteiger partial charge is 0 e. The molecule has 16 valence electrons. The summed E-state index contributed by atoms with van der Waals surface area (Å²) < 4.78 is 0. The van der Waals surface area contributed by atoms with Crippen LogP contribution in [0.15, 0.2) is 0 Å². The second-order valence-electron chi connectivity index (χ2n) is 0. The molecule has 0 N–H and O–H groups in total. The molecule has 4 heavy (non-hydrogen) atoms. The standard InChI is InChI=1S/Cd.Hg.SSe/c;;1-2. The van der Waals surface area contributed by atoms with Gasteiger partial charge in [0.05, 0.1) is 0 Å². The van der Waals surface area contributed by atoms with Crippen LogP contribution in [0.4, 0.5) is 0 Å². The van der Waals surface area contributed by atoms with Crippen LogP contribution in [0.2, 0.25) is 0 Å². The molecule has 0 aliphatic rings. The summed E-state index contributed by atoms with van der Waals surface area (Å²) in [5, 5.41) is 0. The van der Waals surface area contributed by atoms with Crippen molar-refractivity contribution in [2.24, 2.45) is 0 Å². The topological polar surface area (TPSA) is 0 Å². The molecule has 4 heteroatoms. The van der Waals surface area contributed by atoms with Gasteiger partial charge in [-0.05, 0) is 0 Å². The van der Waals surface area contributed by atoms with Crippen molar-refractivity contribution < 1.29 is 55.0 Å². The van der Waals surface area contributed by atoms with Crippen LogP contribution in [0.5, 0.6) is 0 Å². The minimum absolute atomic E-state index is 0. The number of rotatable bonds is 0. The summed E-state index contributed by atoms with van der Waals surface area (Å²) in [5.41, 5.74) is 0. The first-order chi connectivity index (χ1) is 1.00. The molecule has 0 saturated carbocycles. The van der Waals surface area contributed by atoms with Crippen LogP contribution in [0.3, 0.4) is 0 Å². The average Bonchev–Trinajstić information content (AvgIpc) is 1.00. The molecule has 0 aromatic rings. The first-order valence-corrected chi connectivity index (χ1v) is 2.60. The van der Waals surface area contributed by atoms with Gasteiger partial charge >= 0.3 is 24.9 Å². The van der Waals surface area contributed by atoms with Crippen molar-refractivity contribution in [2.45, 2.75) is 0 Å². The van der Waals surface area contributed by atoms with Crippen molar-refractivity contribution in [1.29, 1.82) is 0 Å². The molecule has 0 saturated heterocycles. The van der Waals surface area contributed by atoms with E-state index in [0.717, 1.165) is 0 Å². The Morgan fingerprint density at radius 2 is 1.25 bits per heavy atom. The molecule has 0 fully saturated rings. The Kier molecular flexibility index (Phi) is 70.0. The van der Waals surface area contributed by atoms with Crippen molar-refractivity contribution in [2.75, 3.05) is 0 Å². The smallest absolute Gasteiger partial charge is 0 e. The summed E-state index contributed by atoms with van der Waals surface area (Å²) in [6.45, 7) is 0. The van der Waals surface area contributed by atoms with Gasteiger partial charge in [-0.2, -0.15) is 0 Å². The molecule has 0 aromatic heterocycles. The summed E-state index contributed by atoms with van der Waals surface area (Å²) in [4.78, 5) is 0. The van der Waals surface area contributed by atoms with Gasteiger partial charge in [0.1, 0.15) is 0 Å². The zero-order valence-electron chi connectivity index (χ0n) is 2.23. The Labute approximate surface area is 78.4 Å². The van der Waals surface area contributed by atoms with Gasteiger partial charge in [0.2, 0.25) is 0 Å². The quantitative estimate of drug-likeness (QED) is 0.504. The van der Waals surface area contributed by atoms with Crippen LogP contribution in [0.1, 0.15) is 0 Å². The van der Waals surface area contributed by atoms with Gasteiger partial charge in [-0.1, -0.05) is 0 Å². The van der Waals surface area contributed by atoms with Gasteiger partial charge < -0.3 is 0 Å². The van der Waals surface area contributed by atoms with Crippen LogP contribution >= 0.6 is 10.6 Å². The molecule has 0 radical (unpaired) electrons. The van der Waals surface area contributed by atoms with Crippen LogP contribution in [-0.2, 0) is 55.0 Å². The molecule has 0 nitrogen and oxygen atoms in total. The van der Waals surface area contributed by atoms with E-state index >= 15 is 0 Å². The van der Waals surface area contributed by atoms with Crippen molar-refractivity contribution in [3.63, 3.8) is 0 Å². The van der Waals surface area contributed by atoms with Crippen molar-refractivity contribution in [1.82, 2.24) is 0 Å². The molecule has 0 heterocycles. The fourth-order valence-electron chi connectivity index (χ4n) is 0. The normalized spacial score (nSPS) is 1.00. The fraction of sp³-hybridized carbons (Fsp3) is 0. The van der Waals surface area contributed by atoms with E-state index in [-0.39, 0.29) is 55.0 Å². The van der Waals surface area contributed by atoms with E-state index < -0.39 is 0 Å². The molecule has 0 rings (SSSR count). The number of hydrogen-bond donors (Lipinski definition) is 0. The minimum Gasteiger partial charge on any atom is 0 e. The van der Waals surface area contributed by atoms with E-state index in [4.69, 9.17) is 0 Å². The van der Waals surface area contributed by atoms with Gasteiger partial charge in [0.25, 0.3) is 0 Å². The number of hydrogen-bond acceptors (Lipinski definition) is 1. The third-order valence-corrected chi connectivity index (χ3v) is 0. The van der Waals surface area contributed by atoms with E-state index in [2.05, 4.69) is 24.9 Å². The second kappa shape index (κ2) is 17.5. The molecular weight excluding hydrogens is 424 g/mol. The van der Waals surface area contributed by atoms with Crippen LogP contribution in [-0.4, -0.2) is 14.4 Å². The third-order valence-electron chi connectivity index (χ3n) is 0. The van der Waals surface area contributed by atoms with Gasteiger partial charge in [-0.15, -0.1) is 0 Å². The van der Waals surface area contributed by atoms with E-state index in [0.29, 0.717) is 0 Å². The van der Waals surface area contributed by atoms with E-state index in [1.165, 1.54) is 0 Å². The maximum atomic E-state index is 3.96. The summed E-state index contributed by atoms with van der Waals surface area (Å²) in [5.74, 6) is 0. The maximum Gasteiger partial charge on any atom is 0 e. The molecule has 0 amide bonds. The monoisotopic (exact) mass is 428 g/mol. The zero-order chi connectivity index (χ0) is 2.00. The Morgan fingerprint density at radius 1 is 1.25 bits per heavy atom. The Morgan fingerprint density at radius 3 is 1.25 bits per heavy atom. The predicted molar refractivity (Wildman–Crippen MR) is 13.3 cm³/mol. The van der Waals surface area contributed by atoms with E-state index in [1.54, 1.807) is 0 Å². The van der Waals surface area contributed by atoms with Gasteiger partial charge in [-0.3, -0.25) is 0 Å². The molecule has 0 bridgehead atoms. The molecule has 0 aliphatic heterocycles. The predicted octanol–water partition coefficient (Wildman–Crippen LogP) is 0.262. The molecule has 0 aromatic carbocycles. The van der Waals surface area contributed by atoms with Gasteiger partial charge in [0, 0.05) is 55.0 Å². The van der Waals surface area contributed by atoms with Gasteiger partial charge in [0.15, 0.2) is 0 Å². The van der Waals surface area contributed by atoms with Crippen molar-refractivity contribution in [3.05, 3.63) is 0 Å². The molecular formula is CdHgSSe. The van der Waals surface area contributed by atoms with E-state index in [9.17, 15) is 0 Å². The molecule has 0 spiro atoms. The first-order valence-electron chi connectivity index (χ1n) is 0.167. The SMILES string of the molecule is S=[Se].[Cd].[Hg]. The van der Waals surface area contributed by atoms with Crippen molar-refractivity contribution in [3.8, 4) is 0 Å². The van der Waals surface area contributed by atoms with Crippen LogP contribution in [0, 0.1) is 0 Å². The van der Waals surface area contributed by atoms with E-state index in [1.807, 2.05) is 0 Å². The van der Waals surface area contributed by atoms with Crippen LogP contribution < -0.4 is 0 Å². The van der Waals surface area contributed by atoms with Gasteiger partial charge in [-0.25, -0.2) is 0 Å². The molecule has 0 unspecified atom stereocenters. The Balaban J connectivity index is -0.00000000500. The molecule has 0 atom stereocenters. The average molecular weight is 424 g/mol. The maximum absolute atomic E-state index is 3.96. The van der Waals surface area contributed by atoms with Crippen molar-refractivity contribution >= 4 is 24.9 Å². The first kappa shape index (κ1) is 16.0. The summed E-state index contributed by atoms with van der Waals surface area (Å²) in [7, 11) is 3.96. The summed E-state index contributed by atoms with van der Waals surface area (Å²) in [6, 6.07) is 0. The molecule has 0 aliphatic carbocycles. The summed E-state index contributed by atoms with van der Waals surface area (Å²) >= 11 is 2.21. The zero-order valence-corrected chi connectivity index (χ0v) is 14.3. The summed E-state index contributed by atoms with van der Waals surface area (Å²) in [6.07, 6.45) is 0.